The zero-order chi connectivity index (χ0) is 15.4. The molecule has 0 aromatic heterocycles. The first-order valence-electron chi connectivity index (χ1n) is 7.13. The molecule has 0 aromatic carbocycles. The quantitative estimate of drug-likeness (QED) is 0.670. The maximum Gasteiger partial charge on any atom is 0.301 e. The van der Waals surface area contributed by atoms with Crippen molar-refractivity contribution in [2.24, 2.45) is 0 Å². The summed E-state index contributed by atoms with van der Waals surface area (Å²) in [7, 11) is -5.12. The molecule has 0 spiro atoms. The van der Waals surface area contributed by atoms with Crippen LogP contribution in [0.4, 0.5) is 0 Å². The van der Waals surface area contributed by atoms with Crippen molar-refractivity contribution in [2.45, 2.75) is 77.6 Å². The molecule has 0 bridgehead atoms. The van der Waals surface area contributed by atoms with Gasteiger partial charge in [-0.15, -0.1) is 0 Å². The average Bonchev–Trinajstić information content (AvgIpc) is 2.29. The third-order valence-corrected chi connectivity index (χ3v) is 14.4. The van der Waals surface area contributed by atoms with E-state index in [-0.39, 0.29) is 22.2 Å². The summed E-state index contributed by atoms with van der Waals surface area (Å²) in [5.74, 6) is 0. The van der Waals surface area contributed by atoms with Crippen LogP contribution >= 0.6 is 0 Å². The normalized spacial score (nSPS) is 13.2. The van der Waals surface area contributed by atoms with Crippen LogP contribution in [-0.2, 0) is 4.12 Å². The maximum absolute atomic E-state index is 9.74. The van der Waals surface area contributed by atoms with Crippen LogP contribution in [0.25, 0.3) is 0 Å². The highest BCUT2D eigenvalue weighted by molar-refractivity contribution is 6.96. The lowest BCUT2D eigenvalue weighted by molar-refractivity contribution is 0.483. The Balaban J connectivity index is 5.81. The van der Waals surface area contributed by atoms with Crippen LogP contribution in [0.2, 0.25) is 22.2 Å². The van der Waals surface area contributed by atoms with Crippen LogP contribution in [-0.4, -0.2) is 16.6 Å². The molecule has 0 unspecified atom stereocenters. The van der Waals surface area contributed by atoms with Gasteiger partial charge in [0.1, 0.15) is 0 Å². The van der Waals surface area contributed by atoms with Crippen LogP contribution in [0.1, 0.15) is 55.4 Å². The van der Waals surface area contributed by atoms with Gasteiger partial charge in [-0.05, 0) is 22.2 Å². The van der Waals surface area contributed by atoms with E-state index in [1.807, 2.05) is 0 Å². The molecule has 0 aliphatic carbocycles. The van der Waals surface area contributed by atoms with Gasteiger partial charge < -0.3 is 4.12 Å². The van der Waals surface area contributed by atoms with Gasteiger partial charge in [0, 0.05) is 0 Å². The van der Waals surface area contributed by atoms with Gasteiger partial charge in [-0.25, -0.2) is 10.5 Å². The molecule has 0 N–H and O–H groups in total. The molecule has 0 radical (unpaired) electrons. The van der Waals surface area contributed by atoms with E-state index in [0.717, 1.165) is 0 Å². The van der Waals surface area contributed by atoms with E-state index < -0.39 is 16.6 Å². The molecule has 0 fully saturated rings. The Morgan fingerprint density at radius 2 is 0.842 bits per heavy atom. The van der Waals surface area contributed by atoms with Crippen molar-refractivity contribution in [3.05, 3.63) is 0 Å². The minimum absolute atomic E-state index is 0.204. The monoisotopic (exact) mass is 296 g/mol. The fourth-order valence-electron chi connectivity index (χ4n) is 2.65. The maximum atomic E-state index is 9.74. The zero-order valence-electron chi connectivity index (χ0n) is 13.6. The Hall–Kier alpha value is -0.626. The van der Waals surface area contributed by atoms with Crippen LogP contribution in [0.5, 0.6) is 0 Å². The van der Waals surface area contributed by atoms with E-state index in [2.05, 4.69) is 66.8 Å². The summed E-state index contributed by atoms with van der Waals surface area (Å²) in [6.07, 6.45) is 0. The highest BCUT2D eigenvalue weighted by Crippen LogP contribution is 2.42. The third-order valence-electron chi connectivity index (χ3n) is 4.12. The standard InChI is InChI=1S/C14H28N2OSi2/c1-11(2)18(9-15,12(3)4)17-19(10-16,13(5)6)14(7)8/h11-14H,1-8H3. The third kappa shape index (κ3) is 3.28. The predicted molar refractivity (Wildman–Crippen MR) is 84.2 cm³/mol. The van der Waals surface area contributed by atoms with E-state index in [9.17, 15) is 10.5 Å². The van der Waals surface area contributed by atoms with Gasteiger partial charge in [0.25, 0.3) is 0 Å². The molecule has 0 saturated heterocycles. The van der Waals surface area contributed by atoms with Gasteiger partial charge in [-0.1, -0.05) is 55.4 Å². The topological polar surface area (TPSA) is 56.8 Å². The van der Waals surface area contributed by atoms with E-state index in [1.165, 1.54) is 0 Å². The number of hydrogen-bond donors (Lipinski definition) is 0. The predicted octanol–water partition coefficient (Wildman–Crippen LogP) is 4.66. The summed E-state index contributed by atoms with van der Waals surface area (Å²) < 4.78 is 6.53. The summed E-state index contributed by atoms with van der Waals surface area (Å²) in [5, 5.41) is 19.5. The minimum Gasteiger partial charge on any atom is -0.434 e. The molecular formula is C14H28N2OSi2. The highest BCUT2D eigenvalue weighted by atomic mass is 28.4. The Morgan fingerprint density at radius 1 is 0.632 bits per heavy atom. The molecule has 0 atom stereocenters. The van der Waals surface area contributed by atoms with E-state index >= 15 is 0 Å². The first-order chi connectivity index (χ1) is 8.60. The molecule has 0 rings (SSSR count). The largest absolute Gasteiger partial charge is 0.434 e. The lowest BCUT2D eigenvalue weighted by atomic mass is 10.5. The molecule has 0 aliphatic heterocycles. The molecule has 5 heteroatoms. The Labute approximate surface area is 120 Å². The van der Waals surface area contributed by atoms with Crippen molar-refractivity contribution >= 4 is 16.6 Å². The number of rotatable bonds is 6. The second-order valence-electron chi connectivity index (χ2n) is 6.53. The van der Waals surface area contributed by atoms with Crippen LogP contribution in [0.3, 0.4) is 0 Å². The summed E-state index contributed by atoms with van der Waals surface area (Å²) in [4.78, 5) is 0. The second kappa shape index (κ2) is 6.70. The molecule has 19 heavy (non-hydrogen) atoms. The van der Waals surface area contributed by atoms with Crippen molar-refractivity contribution in [1.29, 1.82) is 10.5 Å². The Bertz CT molecular complexity index is 326. The summed E-state index contributed by atoms with van der Waals surface area (Å²) in [5.41, 5.74) is 5.84. The molecule has 0 saturated carbocycles. The van der Waals surface area contributed by atoms with Crippen molar-refractivity contribution in [3.8, 4) is 11.4 Å². The zero-order valence-corrected chi connectivity index (χ0v) is 15.6. The van der Waals surface area contributed by atoms with Gasteiger partial charge in [0.2, 0.25) is 0 Å². The van der Waals surface area contributed by atoms with Crippen LogP contribution in [0, 0.1) is 21.9 Å². The first-order valence-corrected chi connectivity index (χ1v) is 11.3. The van der Waals surface area contributed by atoms with Crippen LogP contribution < -0.4 is 0 Å². The molecular weight excluding hydrogens is 268 g/mol. The number of nitrogens with zero attached hydrogens (tertiary/aromatic N) is 2. The number of hydrogen-bond acceptors (Lipinski definition) is 3. The SMILES string of the molecule is CC(C)[Si](C#N)(O[Si](C#N)(C(C)C)C(C)C)C(C)C. The van der Waals surface area contributed by atoms with Gasteiger partial charge in [-0.2, -0.15) is 0 Å². The first kappa shape index (κ1) is 18.4. The molecule has 3 nitrogen and oxygen atoms in total. The number of nitriles is 2. The van der Waals surface area contributed by atoms with Gasteiger partial charge in [0.05, 0.1) is 11.4 Å². The molecule has 0 heterocycles. The second-order valence-corrected chi connectivity index (χ2v) is 15.6. The van der Waals surface area contributed by atoms with Crippen molar-refractivity contribution in [1.82, 2.24) is 0 Å². The average molecular weight is 297 g/mol. The molecule has 0 amide bonds. The molecule has 108 valence electrons. The molecule has 0 aromatic rings. The minimum atomic E-state index is -2.56. The fraction of sp³-hybridized carbons (Fsp3) is 0.857. The van der Waals surface area contributed by atoms with Crippen molar-refractivity contribution in [2.75, 3.05) is 0 Å². The fourth-order valence-corrected chi connectivity index (χ4v) is 12.7. The smallest absolute Gasteiger partial charge is 0.301 e. The van der Waals surface area contributed by atoms with Gasteiger partial charge in [0.15, 0.2) is 0 Å². The van der Waals surface area contributed by atoms with Gasteiger partial charge >= 0.3 is 16.6 Å². The van der Waals surface area contributed by atoms with E-state index in [1.54, 1.807) is 0 Å². The Morgan fingerprint density at radius 3 is 0.947 bits per heavy atom. The summed E-state index contributed by atoms with van der Waals surface area (Å²) >= 11 is 0. The highest BCUT2D eigenvalue weighted by Gasteiger charge is 2.54. The van der Waals surface area contributed by atoms with Gasteiger partial charge in [-0.3, -0.25) is 0 Å². The lowest BCUT2D eigenvalue weighted by Crippen LogP contribution is -2.57. The lowest BCUT2D eigenvalue weighted by Gasteiger charge is -2.42. The summed E-state index contributed by atoms with van der Waals surface area (Å²) in [6, 6.07) is 0. The summed E-state index contributed by atoms with van der Waals surface area (Å²) in [6.45, 7) is 16.5. The van der Waals surface area contributed by atoms with E-state index in [0.29, 0.717) is 0 Å². The van der Waals surface area contributed by atoms with Crippen molar-refractivity contribution < 1.29 is 4.12 Å². The molecule has 0 aliphatic rings. The van der Waals surface area contributed by atoms with Crippen molar-refractivity contribution in [3.63, 3.8) is 0 Å². The van der Waals surface area contributed by atoms with Crippen LogP contribution in [0.15, 0.2) is 0 Å². The Kier molecular flexibility index (Phi) is 6.48. The van der Waals surface area contributed by atoms with E-state index in [4.69, 9.17) is 4.12 Å².